The van der Waals surface area contributed by atoms with Crippen LogP contribution >= 0.6 is 0 Å². The zero-order valence-electron chi connectivity index (χ0n) is 15.1. The summed E-state index contributed by atoms with van der Waals surface area (Å²) in [5, 5.41) is 2.88. The number of rotatable bonds is 5. The molecule has 1 aliphatic heterocycles. The van der Waals surface area contributed by atoms with E-state index >= 15 is 0 Å². The lowest BCUT2D eigenvalue weighted by Gasteiger charge is -2.12. The first-order chi connectivity index (χ1) is 13.6. The van der Waals surface area contributed by atoms with Crippen molar-refractivity contribution >= 4 is 5.91 Å². The summed E-state index contributed by atoms with van der Waals surface area (Å²) in [5.74, 6) is -1.99. The molecule has 28 heavy (non-hydrogen) atoms. The third-order valence-electron chi connectivity index (χ3n) is 4.78. The Morgan fingerprint density at radius 1 is 1.14 bits per heavy atom. The van der Waals surface area contributed by atoms with Gasteiger partial charge in [0.2, 0.25) is 0 Å². The van der Waals surface area contributed by atoms with E-state index in [1.165, 1.54) is 12.3 Å². The van der Waals surface area contributed by atoms with E-state index in [1.54, 1.807) is 35.2 Å². The second kappa shape index (κ2) is 7.90. The lowest BCUT2D eigenvalue weighted by molar-refractivity contribution is 0.0852. The monoisotopic (exact) mass is 383 g/mol. The highest BCUT2D eigenvalue weighted by molar-refractivity contribution is 5.93. The summed E-state index contributed by atoms with van der Waals surface area (Å²) >= 11 is 0. The number of nitrogens with one attached hydrogen (secondary N) is 1. The van der Waals surface area contributed by atoms with E-state index in [-0.39, 0.29) is 12.0 Å². The molecule has 1 aliphatic rings. The number of aromatic nitrogens is 2. The number of amides is 1. The second-order valence-electron chi connectivity index (χ2n) is 6.67. The maximum absolute atomic E-state index is 13.5. The van der Waals surface area contributed by atoms with E-state index in [1.807, 2.05) is 0 Å². The molecule has 1 fully saturated rings. The van der Waals surface area contributed by atoms with Crippen LogP contribution in [0.15, 0.2) is 55.0 Å². The number of benzene rings is 2. The van der Waals surface area contributed by atoms with Gasteiger partial charge in [0.1, 0.15) is 5.69 Å². The number of halogens is 2. The molecule has 1 saturated heterocycles. The number of nitrogens with zero attached hydrogens (tertiary/aromatic N) is 2. The number of hydrogen-bond donors (Lipinski definition) is 1. The third kappa shape index (κ3) is 3.80. The number of carbonyl (C=O) groups is 1. The number of hydrogen-bond acceptors (Lipinski definition) is 3. The van der Waals surface area contributed by atoms with Gasteiger partial charge in [0.25, 0.3) is 5.91 Å². The molecule has 0 bridgehead atoms. The molecule has 5 nitrogen and oxygen atoms in total. The quantitative estimate of drug-likeness (QED) is 0.731. The molecule has 0 radical (unpaired) electrons. The predicted octanol–water partition coefficient (Wildman–Crippen LogP) is 3.73. The molecule has 1 amide bonds. The van der Waals surface area contributed by atoms with Crippen LogP contribution in [0.1, 0.15) is 23.3 Å². The summed E-state index contributed by atoms with van der Waals surface area (Å²) in [4.78, 5) is 16.6. The fourth-order valence-electron chi connectivity index (χ4n) is 3.26. The Morgan fingerprint density at radius 2 is 1.93 bits per heavy atom. The van der Waals surface area contributed by atoms with Crippen LogP contribution in [-0.2, 0) is 4.74 Å². The molecule has 1 atom stereocenters. The Labute approximate surface area is 161 Å². The molecule has 0 spiro atoms. The van der Waals surface area contributed by atoms with Gasteiger partial charge in [-0.3, -0.25) is 9.36 Å². The maximum atomic E-state index is 13.5. The van der Waals surface area contributed by atoms with Gasteiger partial charge in [0, 0.05) is 18.8 Å². The van der Waals surface area contributed by atoms with E-state index in [0.717, 1.165) is 42.8 Å². The van der Waals surface area contributed by atoms with Crippen LogP contribution < -0.4 is 5.32 Å². The van der Waals surface area contributed by atoms with Crippen LogP contribution in [-0.4, -0.2) is 34.7 Å². The molecule has 2 heterocycles. The first-order valence-corrected chi connectivity index (χ1v) is 9.10. The summed E-state index contributed by atoms with van der Waals surface area (Å²) in [5.41, 5.74) is 2.47. The molecule has 2 aromatic carbocycles. The minimum Gasteiger partial charge on any atom is -0.376 e. The van der Waals surface area contributed by atoms with Crippen LogP contribution in [0.2, 0.25) is 0 Å². The number of imidazole rings is 1. The lowest BCUT2D eigenvalue weighted by Crippen LogP contribution is -2.32. The zero-order chi connectivity index (χ0) is 19.5. The minimum absolute atomic E-state index is 0.0655. The third-order valence-corrected chi connectivity index (χ3v) is 4.78. The second-order valence-corrected chi connectivity index (χ2v) is 6.67. The normalized spacial score (nSPS) is 16.3. The van der Waals surface area contributed by atoms with Gasteiger partial charge in [-0.25, -0.2) is 13.8 Å². The highest BCUT2D eigenvalue weighted by atomic mass is 19.2. The molecule has 0 unspecified atom stereocenters. The van der Waals surface area contributed by atoms with Crippen molar-refractivity contribution in [3.8, 4) is 16.8 Å². The molecule has 1 aromatic heterocycles. The van der Waals surface area contributed by atoms with Gasteiger partial charge in [-0.1, -0.05) is 18.2 Å². The van der Waals surface area contributed by atoms with Gasteiger partial charge in [-0.05, 0) is 48.2 Å². The van der Waals surface area contributed by atoms with Crippen molar-refractivity contribution in [1.29, 1.82) is 0 Å². The van der Waals surface area contributed by atoms with Crippen molar-refractivity contribution in [1.82, 2.24) is 14.9 Å². The largest absolute Gasteiger partial charge is 0.376 e. The predicted molar refractivity (Wildman–Crippen MR) is 100 cm³/mol. The summed E-state index contributed by atoms with van der Waals surface area (Å²) in [6, 6.07) is 11.0. The molecule has 144 valence electrons. The van der Waals surface area contributed by atoms with Crippen molar-refractivity contribution in [2.75, 3.05) is 13.2 Å². The molecule has 0 saturated carbocycles. The SMILES string of the molecule is O=C(NC[C@H]1CCCO1)c1cncn1-c1ccc(-c2ccc(F)c(F)c2)cc1. The maximum Gasteiger partial charge on any atom is 0.270 e. The van der Waals surface area contributed by atoms with Gasteiger partial charge in [-0.15, -0.1) is 0 Å². The van der Waals surface area contributed by atoms with E-state index in [0.29, 0.717) is 17.8 Å². The summed E-state index contributed by atoms with van der Waals surface area (Å²) in [7, 11) is 0. The Kier molecular flexibility index (Phi) is 5.16. The summed E-state index contributed by atoms with van der Waals surface area (Å²) in [6.45, 7) is 1.21. The zero-order valence-corrected chi connectivity index (χ0v) is 15.1. The van der Waals surface area contributed by atoms with Crippen molar-refractivity contribution in [3.63, 3.8) is 0 Å². The summed E-state index contributed by atoms with van der Waals surface area (Å²) in [6.07, 6.45) is 5.10. The Morgan fingerprint density at radius 3 is 2.64 bits per heavy atom. The fourth-order valence-corrected chi connectivity index (χ4v) is 3.26. The molecule has 0 aliphatic carbocycles. The summed E-state index contributed by atoms with van der Waals surface area (Å²) < 4.78 is 33.8. The van der Waals surface area contributed by atoms with Crippen molar-refractivity contribution in [2.45, 2.75) is 18.9 Å². The molecule has 3 aromatic rings. The fraction of sp³-hybridized carbons (Fsp3) is 0.238. The smallest absolute Gasteiger partial charge is 0.270 e. The highest BCUT2D eigenvalue weighted by Crippen LogP contribution is 2.23. The first-order valence-electron chi connectivity index (χ1n) is 9.10. The Hall–Kier alpha value is -3.06. The average molecular weight is 383 g/mol. The topological polar surface area (TPSA) is 56.1 Å². The Bertz CT molecular complexity index is 980. The van der Waals surface area contributed by atoms with E-state index < -0.39 is 11.6 Å². The molecular formula is C21H19F2N3O2. The van der Waals surface area contributed by atoms with E-state index in [2.05, 4.69) is 10.3 Å². The Balaban J connectivity index is 1.51. The van der Waals surface area contributed by atoms with Crippen LogP contribution in [0.3, 0.4) is 0 Å². The van der Waals surface area contributed by atoms with Gasteiger partial charge < -0.3 is 10.1 Å². The van der Waals surface area contributed by atoms with E-state index in [9.17, 15) is 13.6 Å². The van der Waals surface area contributed by atoms with Crippen LogP contribution in [0.5, 0.6) is 0 Å². The van der Waals surface area contributed by atoms with Crippen LogP contribution in [0.4, 0.5) is 8.78 Å². The molecular weight excluding hydrogens is 364 g/mol. The van der Waals surface area contributed by atoms with Crippen LogP contribution in [0, 0.1) is 11.6 Å². The molecule has 7 heteroatoms. The highest BCUT2D eigenvalue weighted by Gasteiger charge is 2.18. The minimum atomic E-state index is -0.888. The van der Waals surface area contributed by atoms with Gasteiger partial charge in [-0.2, -0.15) is 0 Å². The average Bonchev–Trinajstić information content (AvgIpc) is 3.40. The van der Waals surface area contributed by atoms with Gasteiger partial charge in [0.05, 0.1) is 18.6 Å². The lowest BCUT2D eigenvalue weighted by atomic mass is 10.1. The number of carbonyl (C=O) groups excluding carboxylic acids is 1. The van der Waals surface area contributed by atoms with E-state index in [4.69, 9.17) is 4.74 Å². The first kappa shape index (κ1) is 18.3. The number of ether oxygens (including phenoxy) is 1. The van der Waals surface area contributed by atoms with Gasteiger partial charge in [0.15, 0.2) is 11.6 Å². The van der Waals surface area contributed by atoms with Gasteiger partial charge >= 0.3 is 0 Å². The standard InChI is InChI=1S/C21H19F2N3O2/c22-18-8-5-15(10-19(18)23)14-3-6-16(7-4-14)26-13-24-12-20(26)21(27)25-11-17-2-1-9-28-17/h3-8,10,12-13,17H,1-2,9,11H2,(H,25,27)/t17-/m1/s1. The van der Waals surface area contributed by atoms with Crippen LogP contribution in [0.25, 0.3) is 16.8 Å². The van der Waals surface area contributed by atoms with Crippen molar-refractivity contribution < 1.29 is 18.3 Å². The molecule has 4 rings (SSSR count). The van der Waals surface area contributed by atoms with Crippen molar-refractivity contribution in [2.24, 2.45) is 0 Å². The van der Waals surface area contributed by atoms with Crippen molar-refractivity contribution in [3.05, 3.63) is 72.3 Å². The molecule has 1 N–H and O–H groups in total.